The molecular weight excluding hydrogens is 373 g/mol. The van der Waals surface area contributed by atoms with E-state index in [0.717, 1.165) is 35.9 Å². The zero-order valence-electron chi connectivity index (χ0n) is 15.8. The predicted octanol–water partition coefficient (Wildman–Crippen LogP) is 4.22. The third-order valence-electron chi connectivity index (χ3n) is 5.04. The van der Waals surface area contributed by atoms with Crippen LogP contribution in [0.2, 0.25) is 0 Å². The van der Waals surface area contributed by atoms with Crippen LogP contribution in [0.5, 0.6) is 0 Å². The Labute approximate surface area is 168 Å². The minimum absolute atomic E-state index is 0.0985. The fraction of sp³-hybridized carbons (Fsp3) is 0.273. The van der Waals surface area contributed by atoms with Crippen molar-refractivity contribution in [3.05, 3.63) is 76.5 Å². The molecule has 0 saturated carbocycles. The van der Waals surface area contributed by atoms with Crippen molar-refractivity contribution in [3.8, 4) is 10.6 Å². The number of halogens is 1. The molecule has 0 spiro atoms. The van der Waals surface area contributed by atoms with Crippen LogP contribution in [0.1, 0.15) is 21.6 Å². The number of nitrogens with zero attached hydrogens (tertiary/aromatic N) is 3. The molecule has 0 atom stereocenters. The Kier molecular flexibility index (Phi) is 5.50. The standard InChI is InChI=1S/C22H22FN3OS/c1-16-7-8-18(13-20(16)23)22(27)26-11-9-25(10-12-26)14-19-15-28-21(24-19)17-5-3-2-4-6-17/h2-8,13,15H,9-12,14H2,1H3. The van der Waals surface area contributed by atoms with Crippen LogP contribution in [-0.2, 0) is 6.54 Å². The Balaban J connectivity index is 1.34. The molecule has 144 valence electrons. The number of carbonyl (C=O) groups is 1. The third kappa shape index (κ3) is 4.13. The van der Waals surface area contributed by atoms with Gasteiger partial charge in [0.05, 0.1) is 5.69 Å². The minimum atomic E-state index is -0.331. The van der Waals surface area contributed by atoms with Crippen LogP contribution in [0.4, 0.5) is 4.39 Å². The average Bonchev–Trinajstić information content (AvgIpc) is 3.19. The lowest BCUT2D eigenvalue weighted by Gasteiger charge is -2.34. The highest BCUT2D eigenvalue weighted by Crippen LogP contribution is 2.24. The highest BCUT2D eigenvalue weighted by atomic mass is 32.1. The van der Waals surface area contributed by atoms with Crippen molar-refractivity contribution in [1.29, 1.82) is 0 Å². The van der Waals surface area contributed by atoms with Crippen molar-refractivity contribution >= 4 is 17.2 Å². The molecule has 0 N–H and O–H groups in total. The molecule has 4 nitrogen and oxygen atoms in total. The van der Waals surface area contributed by atoms with Crippen molar-refractivity contribution < 1.29 is 9.18 Å². The van der Waals surface area contributed by atoms with Crippen LogP contribution >= 0.6 is 11.3 Å². The van der Waals surface area contributed by atoms with Gasteiger partial charge in [0, 0.05) is 49.2 Å². The normalized spacial score (nSPS) is 15.0. The maximum Gasteiger partial charge on any atom is 0.254 e. The quantitative estimate of drug-likeness (QED) is 0.664. The highest BCUT2D eigenvalue weighted by Gasteiger charge is 2.23. The number of aromatic nitrogens is 1. The molecule has 0 aliphatic carbocycles. The summed E-state index contributed by atoms with van der Waals surface area (Å²) in [7, 11) is 0. The zero-order chi connectivity index (χ0) is 19.5. The van der Waals surface area contributed by atoms with Crippen molar-refractivity contribution in [2.45, 2.75) is 13.5 Å². The van der Waals surface area contributed by atoms with E-state index < -0.39 is 0 Å². The molecule has 1 fully saturated rings. The second kappa shape index (κ2) is 8.20. The summed E-state index contributed by atoms with van der Waals surface area (Å²) in [5, 5.41) is 3.14. The Morgan fingerprint density at radius 2 is 1.86 bits per heavy atom. The van der Waals surface area contributed by atoms with E-state index >= 15 is 0 Å². The molecule has 0 unspecified atom stereocenters. The van der Waals surface area contributed by atoms with Gasteiger partial charge >= 0.3 is 0 Å². The summed E-state index contributed by atoms with van der Waals surface area (Å²) in [5.41, 5.74) is 3.17. The first-order valence-corrected chi connectivity index (χ1v) is 10.3. The van der Waals surface area contributed by atoms with Gasteiger partial charge in [-0.2, -0.15) is 0 Å². The summed E-state index contributed by atoms with van der Waals surface area (Å²) < 4.78 is 13.8. The van der Waals surface area contributed by atoms with Crippen LogP contribution in [0.3, 0.4) is 0 Å². The van der Waals surface area contributed by atoms with E-state index in [-0.39, 0.29) is 11.7 Å². The van der Waals surface area contributed by atoms with Crippen molar-refractivity contribution in [2.24, 2.45) is 0 Å². The van der Waals surface area contributed by atoms with E-state index in [0.29, 0.717) is 24.2 Å². The first kappa shape index (κ1) is 18.8. The van der Waals surface area contributed by atoms with Crippen LogP contribution in [-0.4, -0.2) is 46.9 Å². The Bertz CT molecular complexity index is 965. The van der Waals surface area contributed by atoms with E-state index in [1.165, 1.54) is 6.07 Å². The summed E-state index contributed by atoms with van der Waals surface area (Å²) in [6, 6.07) is 14.9. The summed E-state index contributed by atoms with van der Waals surface area (Å²) in [5.74, 6) is -0.430. The number of benzene rings is 2. The lowest BCUT2D eigenvalue weighted by atomic mass is 10.1. The van der Waals surface area contributed by atoms with Crippen LogP contribution in [0.25, 0.3) is 10.6 Å². The number of carbonyl (C=O) groups excluding carboxylic acids is 1. The largest absolute Gasteiger partial charge is 0.336 e. The average molecular weight is 396 g/mol. The van der Waals surface area contributed by atoms with Crippen LogP contribution in [0.15, 0.2) is 53.9 Å². The van der Waals surface area contributed by atoms with Gasteiger partial charge in [-0.25, -0.2) is 9.37 Å². The lowest BCUT2D eigenvalue weighted by Crippen LogP contribution is -2.48. The lowest BCUT2D eigenvalue weighted by molar-refractivity contribution is 0.0627. The van der Waals surface area contributed by atoms with Gasteiger partial charge in [-0.1, -0.05) is 36.4 Å². The molecule has 1 aliphatic rings. The monoisotopic (exact) mass is 395 g/mol. The number of aryl methyl sites for hydroxylation is 1. The zero-order valence-corrected chi connectivity index (χ0v) is 16.6. The van der Waals surface area contributed by atoms with Gasteiger partial charge < -0.3 is 4.90 Å². The SMILES string of the molecule is Cc1ccc(C(=O)N2CCN(Cc3csc(-c4ccccc4)n3)CC2)cc1F. The molecule has 1 saturated heterocycles. The van der Waals surface area contributed by atoms with Gasteiger partial charge in [0.2, 0.25) is 0 Å². The molecule has 1 amide bonds. The predicted molar refractivity (Wildman–Crippen MR) is 110 cm³/mol. The highest BCUT2D eigenvalue weighted by molar-refractivity contribution is 7.13. The first-order valence-electron chi connectivity index (χ1n) is 9.38. The van der Waals surface area contributed by atoms with Gasteiger partial charge in [0.25, 0.3) is 5.91 Å². The van der Waals surface area contributed by atoms with E-state index in [4.69, 9.17) is 4.98 Å². The van der Waals surface area contributed by atoms with Gasteiger partial charge in [0.15, 0.2) is 0 Å². The number of hydrogen-bond acceptors (Lipinski definition) is 4. The molecular formula is C22H22FN3OS. The molecule has 2 aromatic carbocycles. The summed E-state index contributed by atoms with van der Waals surface area (Å²) in [6.07, 6.45) is 0. The number of rotatable bonds is 4. The molecule has 1 aliphatic heterocycles. The van der Waals surface area contributed by atoms with E-state index in [1.54, 1.807) is 35.3 Å². The van der Waals surface area contributed by atoms with Gasteiger partial charge in [-0.05, 0) is 24.6 Å². The number of amides is 1. The number of thiazole rings is 1. The van der Waals surface area contributed by atoms with Crippen molar-refractivity contribution in [1.82, 2.24) is 14.8 Å². The summed E-state index contributed by atoms with van der Waals surface area (Å²) >= 11 is 1.66. The molecule has 4 rings (SSSR count). The smallest absolute Gasteiger partial charge is 0.254 e. The van der Waals surface area contributed by atoms with Crippen LogP contribution < -0.4 is 0 Å². The Morgan fingerprint density at radius 3 is 2.57 bits per heavy atom. The minimum Gasteiger partial charge on any atom is -0.336 e. The third-order valence-corrected chi connectivity index (χ3v) is 5.98. The first-order chi connectivity index (χ1) is 13.6. The molecule has 3 aromatic rings. The Hall–Kier alpha value is -2.57. The van der Waals surface area contributed by atoms with Gasteiger partial charge in [-0.15, -0.1) is 11.3 Å². The molecule has 1 aromatic heterocycles. The topological polar surface area (TPSA) is 36.4 Å². The van der Waals surface area contributed by atoms with Gasteiger partial charge in [0.1, 0.15) is 10.8 Å². The van der Waals surface area contributed by atoms with Crippen LogP contribution in [0, 0.1) is 12.7 Å². The molecule has 2 heterocycles. The summed E-state index contributed by atoms with van der Waals surface area (Å²) in [6.45, 7) is 5.35. The van der Waals surface area contributed by atoms with E-state index in [9.17, 15) is 9.18 Å². The molecule has 0 bridgehead atoms. The van der Waals surface area contributed by atoms with Crippen molar-refractivity contribution in [2.75, 3.05) is 26.2 Å². The molecule has 6 heteroatoms. The van der Waals surface area contributed by atoms with E-state index in [1.807, 2.05) is 18.2 Å². The number of hydrogen-bond donors (Lipinski definition) is 0. The second-order valence-electron chi connectivity index (χ2n) is 7.04. The van der Waals surface area contributed by atoms with E-state index in [2.05, 4.69) is 22.4 Å². The fourth-order valence-electron chi connectivity index (χ4n) is 3.34. The van der Waals surface area contributed by atoms with Gasteiger partial charge in [-0.3, -0.25) is 9.69 Å². The van der Waals surface area contributed by atoms with Crippen molar-refractivity contribution in [3.63, 3.8) is 0 Å². The molecule has 28 heavy (non-hydrogen) atoms. The summed E-state index contributed by atoms with van der Waals surface area (Å²) in [4.78, 5) is 21.5. The Morgan fingerprint density at radius 1 is 1.11 bits per heavy atom. The number of piperazine rings is 1. The molecule has 0 radical (unpaired) electrons. The maximum atomic E-state index is 13.8. The fourth-order valence-corrected chi connectivity index (χ4v) is 4.16. The maximum absolute atomic E-state index is 13.8. The second-order valence-corrected chi connectivity index (χ2v) is 7.90.